The monoisotopic (exact) mass is 464 g/mol. The molecule has 0 amide bonds. The van der Waals surface area contributed by atoms with Crippen LogP contribution in [0.3, 0.4) is 0 Å². The van der Waals surface area contributed by atoms with Crippen LogP contribution in [0.25, 0.3) is 11.3 Å². The van der Waals surface area contributed by atoms with Crippen LogP contribution in [0.5, 0.6) is 5.75 Å². The summed E-state index contributed by atoms with van der Waals surface area (Å²) in [5.41, 5.74) is 3.14. The molecule has 1 aromatic heterocycles. The second-order valence-electron chi connectivity index (χ2n) is 10.4. The summed E-state index contributed by atoms with van der Waals surface area (Å²) in [6.07, 6.45) is 25.2. The van der Waals surface area contributed by atoms with Crippen LogP contribution in [-0.2, 0) is 6.42 Å². The predicted molar refractivity (Wildman–Crippen MR) is 144 cm³/mol. The highest BCUT2D eigenvalue weighted by Gasteiger charge is 2.24. The summed E-state index contributed by atoms with van der Waals surface area (Å²) in [7, 11) is 0. The van der Waals surface area contributed by atoms with Gasteiger partial charge in [0.15, 0.2) is 0 Å². The van der Waals surface area contributed by atoms with E-state index in [4.69, 9.17) is 4.74 Å². The first-order valence-corrected chi connectivity index (χ1v) is 14.3. The Labute approximate surface area is 209 Å². The summed E-state index contributed by atoms with van der Waals surface area (Å²) in [4.78, 5) is 9.29. The maximum absolute atomic E-state index is 6.08. The molecule has 0 spiro atoms. The van der Waals surface area contributed by atoms with Crippen molar-refractivity contribution in [2.75, 3.05) is 6.61 Å². The van der Waals surface area contributed by atoms with Gasteiger partial charge in [0.1, 0.15) is 5.75 Å². The average molecular weight is 465 g/mol. The lowest BCUT2D eigenvalue weighted by Gasteiger charge is -2.31. The number of benzene rings is 1. The van der Waals surface area contributed by atoms with E-state index in [1.165, 1.54) is 96.3 Å². The first kappa shape index (κ1) is 26.7. The van der Waals surface area contributed by atoms with Crippen molar-refractivity contribution in [1.82, 2.24) is 9.97 Å². The highest BCUT2D eigenvalue weighted by atomic mass is 16.5. The van der Waals surface area contributed by atoms with Crippen molar-refractivity contribution < 1.29 is 4.74 Å². The van der Waals surface area contributed by atoms with Crippen LogP contribution in [0.15, 0.2) is 36.7 Å². The number of hydrogen-bond acceptors (Lipinski definition) is 3. The third kappa shape index (κ3) is 9.39. The summed E-state index contributed by atoms with van der Waals surface area (Å²) >= 11 is 0. The molecule has 0 aliphatic heterocycles. The van der Waals surface area contributed by atoms with Crippen molar-refractivity contribution in [2.24, 2.45) is 11.8 Å². The number of ether oxygens (including phenoxy) is 1. The number of hydrogen-bond donors (Lipinski definition) is 0. The van der Waals surface area contributed by atoms with E-state index in [0.29, 0.717) is 0 Å². The normalized spacial score (nSPS) is 18.2. The molecule has 2 atom stereocenters. The number of aromatic nitrogens is 2. The molecule has 0 radical (unpaired) electrons. The summed E-state index contributed by atoms with van der Waals surface area (Å²) in [6, 6.07) is 8.36. The van der Waals surface area contributed by atoms with E-state index in [2.05, 4.69) is 48.1 Å². The molecule has 1 aliphatic rings. The maximum atomic E-state index is 6.08. The topological polar surface area (TPSA) is 35.0 Å². The van der Waals surface area contributed by atoms with E-state index in [0.717, 1.165) is 47.6 Å². The molecular weight excluding hydrogens is 416 g/mol. The van der Waals surface area contributed by atoms with Crippen LogP contribution in [-0.4, -0.2) is 16.6 Å². The molecule has 0 N–H and O–H groups in total. The molecule has 34 heavy (non-hydrogen) atoms. The maximum Gasteiger partial charge on any atom is 0.119 e. The number of aryl methyl sites for hydroxylation is 1. The highest BCUT2D eigenvalue weighted by Crippen LogP contribution is 2.36. The lowest BCUT2D eigenvalue weighted by Crippen LogP contribution is -2.20. The van der Waals surface area contributed by atoms with E-state index in [1.807, 2.05) is 12.4 Å². The fourth-order valence-corrected chi connectivity index (χ4v) is 5.50. The summed E-state index contributed by atoms with van der Waals surface area (Å²) in [5.74, 6) is 2.85. The first-order chi connectivity index (χ1) is 16.8. The second-order valence-corrected chi connectivity index (χ2v) is 10.4. The molecule has 1 heterocycles. The summed E-state index contributed by atoms with van der Waals surface area (Å²) in [6.45, 7) is 5.39. The van der Waals surface area contributed by atoms with E-state index in [9.17, 15) is 0 Å². The summed E-state index contributed by atoms with van der Waals surface area (Å²) in [5, 5.41) is 0. The van der Waals surface area contributed by atoms with Gasteiger partial charge in [-0.1, -0.05) is 90.9 Å². The second kappa shape index (κ2) is 15.9. The molecule has 0 saturated heterocycles. The van der Waals surface area contributed by atoms with Gasteiger partial charge < -0.3 is 4.74 Å². The van der Waals surface area contributed by atoms with E-state index in [1.54, 1.807) is 0 Å². The third-order valence-electron chi connectivity index (χ3n) is 7.62. The molecule has 188 valence electrons. The smallest absolute Gasteiger partial charge is 0.119 e. The SMILES string of the molecule is CCCCCCCc1cnc(-c2ccc(OCCCC3CCCCC3CCCCC)cc2)cn1. The van der Waals surface area contributed by atoms with E-state index < -0.39 is 0 Å². The van der Waals surface area contributed by atoms with Crippen molar-refractivity contribution in [3.05, 3.63) is 42.4 Å². The zero-order valence-electron chi connectivity index (χ0n) is 21.9. The lowest BCUT2D eigenvalue weighted by molar-refractivity contribution is 0.190. The average Bonchev–Trinajstić information content (AvgIpc) is 2.88. The Hall–Kier alpha value is -1.90. The van der Waals surface area contributed by atoms with Crippen LogP contribution in [0.4, 0.5) is 0 Å². The lowest BCUT2D eigenvalue weighted by atomic mass is 9.74. The quantitative estimate of drug-likeness (QED) is 0.232. The first-order valence-electron chi connectivity index (χ1n) is 14.3. The Bertz CT molecular complexity index is 771. The Morgan fingerprint density at radius 1 is 0.735 bits per heavy atom. The number of rotatable bonds is 16. The van der Waals surface area contributed by atoms with E-state index >= 15 is 0 Å². The summed E-state index contributed by atoms with van der Waals surface area (Å²) < 4.78 is 6.08. The molecule has 1 saturated carbocycles. The number of nitrogens with zero attached hydrogens (tertiary/aromatic N) is 2. The Balaban J connectivity index is 1.37. The molecule has 1 aromatic carbocycles. The standard InChI is InChI=1S/C31H48N2O/c1-3-5-7-8-10-18-29-24-33-31(25-32-29)28-19-21-30(22-20-28)34-23-13-17-27-16-12-11-15-26(27)14-9-6-4-2/h19-22,24-27H,3-18,23H2,1-2H3. The van der Waals surface area contributed by atoms with Crippen LogP contribution in [0, 0.1) is 11.8 Å². The molecule has 1 fully saturated rings. The van der Waals surface area contributed by atoms with E-state index in [-0.39, 0.29) is 0 Å². The molecular formula is C31H48N2O. The van der Waals surface area contributed by atoms with Gasteiger partial charge in [-0.25, -0.2) is 0 Å². The van der Waals surface area contributed by atoms with Gasteiger partial charge in [-0.15, -0.1) is 0 Å². The fourth-order valence-electron chi connectivity index (χ4n) is 5.50. The molecule has 3 nitrogen and oxygen atoms in total. The Kier molecular flexibility index (Phi) is 12.5. The van der Waals surface area contributed by atoms with Crippen molar-refractivity contribution >= 4 is 0 Å². The third-order valence-corrected chi connectivity index (χ3v) is 7.62. The largest absolute Gasteiger partial charge is 0.494 e. The molecule has 0 bridgehead atoms. The van der Waals surface area contributed by atoms with Gasteiger partial charge in [0.2, 0.25) is 0 Å². The van der Waals surface area contributed by atoms with Crippen molar-refractivity contribution in [2.45, 2.75) is 117 Å². The Morgan fingerprint density at radius 2 is 1.41 bits per heavy atom. The zero-order valence-corrected chi connectivity index (χ0v) is 21.9. The van der Waals surface area contributed by atoms with Gasteiger partial charge in [-0.05, 0) is 61.8 Å². The van der Waals surface area contributed by atoms with Crippen molar-refractivity contribution in [3.8, 4) is 17.0 Å². The molecule has 3 rings (SSSR count). The van der Waals surface area contributed by atoms with Gasteiger partial charge in [-0.3, -0.25) is 9.97 Å². The molecule has 3 heteroatoms. The Morgan fingerprint density at radius 3 is 2.09 bits per heavy atom. The molecule has 2 aromatic rings. The van der Waals surface area contributed by atoms with Crippen LogP contribution in [0.1, 0.15) is 116 Å². The molecule has 1 aliphatic carbocycles. The minimum absolute atomic E-state index is 0.824. The fraction of sp³-hybridized carbons (Fsp3) is 0.677. The highest BCUT2D eigenvalue weighted by molar-refractivity contribution is 5.58. The molecule has 2 unspecified atom stereocenters. The minimum atomic E-state index is 0.824. The van der Waals surface area contributed by atoms with Crippen molar-refractivity contribution in [3.63, 3.8) is 0 Å². The number of unbranched alkanes of at least 4 members (excludes halogenated alkanes) is 6. The van der Waals surface area contributed by atoms with Gasteiger partial charge in [0, 0.05) is 11.8 Å². The van der Waals surface area contributed by atoms with Crippen LogP contribution < -0.4 is 4.74 Å². The van der Waals surface area contributed by atoms with Crippen LogP contribution in [0.2, 0.25) is 0 Å². The van der Waals surface area contributed by atoms with Crippen molar-refractivity contribution in [1.29, 1.82) is 0 Å². The predicted octanol–water partition coefficient (Wildman–Crippen LogP) is 9.20. The van der Waals surface area contributed by atoms with Crippen LogP contribution >= 0.6 is 0 Å². The van der Waals surface area contributed by atoms with Gasteiger partial charge in [0.25, 0.3) is 0 Å². The zero-order chi connectivity index (χ0) is 23.8. The van der Waals surface area contributed by atoms with Gasteiger partial charge >= 0.3 is 0 Å². The van der Waals surface area contributed by atoms with Gasteiger partial charge in [0.05, 0.1) is 24.2 Å². The minimum Gasteiger partial charge on any atom is -0.494 e. The van der Waals surface area contributed by atoms with Gasteiger partial charge in [-0.2, -0.15) is 0 Å².